The second-order valence-corrected chi connectivity index (χ2v) is 6.33. The Bertz CT molecular complexity index is 659. The normalized spacial score (nSPS) is 17.3. The molecule has 0 saturated carbocycles. The summed E-state index contributed by atoms with van der Waals surface area (Å²) < 4.78 is 39.3. The van der Waals surface area contributed by atoms with Crippen molar-refractivity contribution in [1.82, 2.24) is 9.80 Å². The third-order valence-electron chi connectivity index (χ3n) is 4.23. The molecule has 1 heterocycles. The number of nitrogens with zero attached hydrogens (tertiary/aromatic N) is 2. The van der Waals surface area contributed by atoms with Crippen LogP contribution in [0.15, 0.2) is 18.2 Å². The van der Waals surface area contributed by atoms with E-state index >= 15 is 0 Å². The number of carbonyl (C=O) groups is 2. The molecule has 1 aromatic carbocycles. The maximum atomic E-state index is 13.1. The van der Waals surface area contributed by atoms with Gasteiger partial charge in [-0.2, -0.15) is 13.2 Å². The highest BCUT2D eigenvalue weighted by atomic mass is 35.5. The lowest BCUT2D eigenvalue weighted by molar-refractivity contribution is -0.137. The summed E-state index contributed by atoms with van der Waals surface area (Å²) in [7, 11) is 0. The molecule has 2 amide bonds. The van der Waals surface area contributed by atoms with Crippen molar-refractivity contribution < 1.29 is 22.8 Å². The van der Waals surface area contributed by atoms with Crippen molar-refractivity contribution in [2.75, 3.05) is 31.5 Å². The minimum atomic E-state index is -4.62. The molecular formula is C16H19ClF3N3O2. The zero-order chi connectivity index (χ0) is 18.8. The van der Waals surface area contributed by atoms with Crippen LogP contribution in [0.4, 0.5) is 18.9 Å². The fraction of sp³-hybridized carbons (Fsp3) is 0.500. The molecule has 2 rings (SSSR count). The van der Waals surface area contributed by atoms with Crippen LogP contribution < -0.4 is 5.32 Å². The second kappa shape index (κ2) is 7.61. The van der Waals surface area contributed by atoms with E-state index in [0.717, 1.165) is 12.1 Å². The van der Waals surface area contributed by atoms with Crippen molar-refractivity contribution in [2.24, 2.45) is 0 Å². The Balaban J connectivity index is 2.06. The van der Waals surface area contributed by atoms with Gasteiger partial charge in [-0.25, -0.2) is 0 Å². The number of hydrogen-bond acceptors (Lipinski definition) is 3. The summed E-state index contributed by atoms with van der Waals surface area (Å²) in [6.07, 6.45) is -4.62. The number of amides is 2. The summed E-state index contributed by atoms with van der Waals surface area (Å²) in [5.74, 6) is -0.572. The highest BCUT2D eigenvalue weighted by Gasteiger charge is 2.35. The molecule has 1 aliphatic heterocycles. The van der Waals surface area contributed by atoms with E-state index in [0.29, 0.717) is 26.2 Å². The summed E-state index contributed by atoms with van der Waals surface area (Å²) in [6.45, 7) is 5.05. The molecule has 138 valence electrons. The molecule has 0 spiro atoms. The lowest BCUT2D eigenvalue weighted by atomic mass is 10.1. The molecule has 1 N–H and O–H groups in total. The maximum Gasteiger partial charge on any atom is 0.418 e. The number of piperazine rings is 1. The van der Waals surface area contributed by atoms with Gasteiger partial charge in [-0.3, -0.25) is 14.5 Å². The average Bonchev–Trinajstić information content (AvgIpc) is 2.54. The van der Waals surface area contributed by atoms with E-state index in [-0.39, 0.29) is 16.6 Å². The van der Waals surface area contributed by atoms with Gasteiger partial charge in [0.25, 0.3) is 0 Å². The van der Waals surface area contributed by atoms with Gasteiger partial charge in [0, 0.05) is 38.1 Å². The maximum absolute atomic E-state index is 13.1. The van der Waals surface area contributed by atoms with Crippen LogP contribution >= 0.6 is 11.6 Å². The zero-order valence-corrected chi connectivity index (χ0v) is 14.6. The first-order valence-corrected chi connectivity index (χ1v) is 8.14. The minimum absolute atomic E-state index is 0.0345. The topological polar surface area (TPSA) is 52.7 Å². The first-order valence-electron chi connectivity index (χ1n) is 7.76. The number of alkyl halides is 3. The van der Waals surface area contributed by atoms with E-state index in [9.17, 15) is 22.8 Å². The number of carbonyl (C=O) groups excluding carboxylic acids is 2. The highest BCUT2D eigenvalue weighted by Crippen LogP contribution is 2.36. The summed E-state index contributed by atoms with van der Waals surface area (Å²) >= 11 is 5.63. The van der Waals surface area contributed by atoms with Gasteiger partial charge in [0.1, 0.15) is 0 Å². The molecule has 0 bridgehead atoms. The Morgan fingerprint density at radius 3 is 2.32 bits per heavy atom. The van der Waals surface area contributed by atoms with Gasteiger partial charge in [-0.15, -0.1) is 0 Å². The van der Waals surface area contributed by atoms with Crippen molar-refractivity contribution >= 4 is 29.1 Å². The van der Waals surface area contributed by atoms with Crippen molar-refractivity contribution in [3.8, 4) is 0 Å². The summed E-state index contributed by atoms with van der Waals surface area (Å²) in [5.41, 5.74) is -1.31. The van der Waals surface area contributed by atoms with Gasteiger partial charge in [0.2, 0.25) is 11.8 Å². The van der Waals surface area contributed by atoms with E-state index in [2.05, 4.69) is 5.32 Å². The first kappa shape index (κ1) is 19.5. The number of halogens is 4. The molecule has 0 unspecified atom stereocenters. The lowest BCUT2D eigenvalue weighted by Gasteiger charge is -2.37. The third-order valence-corrected chi connectivity index (χ3v) is 4.47. The predicted molar refractivity (Wildman–Crippen MR) is 88.4 cm³/mol. The largest absolute Gasteiger partial charge is 0.418 e. The van der Waals surface area contributed by atoms with Gasteiger partial charge in [-0.05, 0) is 25.1 Å². The van der Waals surface area contributed by atoms with Crippen LogP contribution in [0.3, 0.4) is 0 Å². The number of nitrogens with one attached hydrogen (secondary N) is 1. The molecule has 25 heavy (non-hydrogen) atoms. The van der Waals surface area contributed by atoms with Gasteiger partial charge >= 0.3 is 6.18 Å². The van der Waals surface area contributed by atoms with Crippen LogP contribution in [0.25, 0.3) is 0 Å². The molecule has 0 aliphatic carbocycles. The lowest BCUT2D eigenvalue weighted by Crippen LogP contribution is -2.53. The smallest absolute Gasteiger partial charge is 0.340 e. The number of benzene rings is 1. The Kier molecular flexibility index (Phi) is 5.95. The number of anilines is 1. The van der Waals surface area contributed by atoms with E-state index in [1.165, 1.54) is 13.0 Å². The van der Waals surface area contributed by atoms with Crippen molar-refractivity contribution in [3.05, 3.63) is 28.8 Å². The Hall–Kier alpha value is -1.80. The summed E-state index contributed by atoms with van der Waals surface area (Å²) in [5, 5.41) is 2.28. The summed E-state index contributed by atoms with van der Waals surface area (Å²) in [6, 6.07) is 2.60. The van der Waals surface area contributed by atoms with Crippen LogP contribution in [0.1, 0.15) is 19.4 Å². The van der Waals surface area contributed by atoms with Crippen LogP contribution in [-0.2, 0) is 15.8 Å². The van der Waals surface area contributed by atoms with Crippen LogP contribution in [-0.4, -0.2) is 53.8 Å². The molecule has 0 radical (unpaired) electrons. The number of rotatable bonds is 3. The molecule has 0 aromatic heterocycles. The monoisotopic (exact) mass is 377 g/mol. The van der Waals surface area contributed by atoms with Gasteiger partial charge in [-0.1, -0.05) is 11.6 Å². The zero-order valence-electron chi connectivity index (χ0n) is 13.9. The van der Waals surface area contributed by atoms with Crippen molar-refractivity contribution in [3.63, 3.8) is 0 Å². The summed E-state index contributed by atoms with van der Waals surface area (Å²) in [4.78, 5) is 27.2. The molecule has 9 heteroatoms. The first-order chi connectivity index (χ1) is 11.6. The average molecular weight is 378 g/mol. The van der Waals surface area contributed by atoms with Crippen LogP contribution in [0.2, 0.25) is 5.02 Å². The second-order valence-electron chi connectivity index (χ2n) is 5.89. The van der Waals surface area contributed by atoms with Crippen LogP contribution in [0, 0.1) is 0 Å². The van der Waals surface area contributed by atoms with Gasteiger partial charge < -0.3 is 10.2 Å². The third kappa shape index (κ3) is 4.85. The molecule has 5 nitrogen and oxygen atoms in total. The van der Waals surface area contributed by atoms with E-state index in [4.69, 9.17) is 11.6 Å². The Morgan fingerprint density at radius 1 is 1.20 bits per heavy atom. The molecule has 1 fully saturated rings. The van der Waals surface area contributed by atoms with Crippen molar-refractivity contribution in [1.29, 1.82) is 0 Å². The minimum Gasteiger partial charge on any atom is -0.340 e. The molecular weight excluding hydrogens is 359 g/mol. The van der Waals surface area contributed by atoms with E-state index in [1.807, 2.05) is 4.90 Å². The predicted octanol–water partition coefficient (Wildman–Crippen LogP) is 2.85. The SMILES string of the molecule is CC(=O)N1CCN([C@H](C)C(=O)Nc2ccc(Cl)cc2C(F)(F)F)CC1. The standard InChI is InChI=1S/C16H19ClF3N3O2/c1-10(22-5-7-23(8-6-22)11(2)24)15(25)21-14-4-3-12(17)9-13(14)16(18,19)20/h3-4,9-10H,5-8H2,1-2H3,(H,21,25)/t10-/m1/s1. The van der Waals surface area contributed by atoms with Crippen LogP contribution in [0.5, 0.6) is 0 Å². The highest BCUT2D eigenvalue weighted by molar-refractivity contribution is 6.30. The van der Waals surface area contributed by atoms with Gasteiger partial charge in [0.05, 0.1) is 17.3 Å². The fourth-order valence-electron chi connectivity index (χ4n) is 2.69. The van der Waals surface area contributed by atoms with Gasteiger partial charge in [0.15, 0.2) is 0 Å². The number of hydrogen-bond donors (Lipinski definition) is 1. The molecule has 1 aromatic rings. The quantitative estimate of drug-likeness (QED) is 0.881. The molecule has 1 aliphatic rings. The van der Waals surface area contributed by atoms with E-state index < -0.39 is 23.7 Å². The molecule has 1 atom stereocenters. The molecule has 1 saturated heterocycles. The van der Waals surface area contributed by atoms with E-state index in [1.54, 1.807) is 11.8 Å². The fourth-order valence-corrected chi connectivity index (χ4v) is 2.86. The Labute approximate surface area is 148 Å². The Morgan fingerprint density at radius 2 is 1.80 bits per heavy atom. The van der Waals surface area contributed by atoms with Crippen molar-refractivity contribution in [2.45, 2.75) is 26.1 Å².